The first-order chi connectivity index (χ1) is 19.1. The molecule has 0 aromatic heterocycles. The molecule has 0 unspecified atom stereocenters. The molecule has 40 heavy (non-hydrogen) atoms. The van der Waals surface area contributed by atoms with Crippen LogP contribution in [0.1, 0.15) is 52.7 Å². The van der Waals surface area contributed by atoms with Crippen molar-refractivity contribution in [2.75, 3.05) is 0 Å². The van der Waals surface area contributed by atoms with Crippen molar-refractivity contribution < 1.29 is 0 Å². The SMILES string of the molecule is CC(C)(C)[CH2][Al]([CH2]C(C)(C)C)/[C](=C\c1ccccc1)[Ge]([C]#Cc1ccccc1)([c]1ccccc1)[c]1ccccc1. The summed E-state index contributed by atoms with van der Waals surface area (Å²) in [7, 11) is 0. The van der Waals surface area contributed by atoms with E-state index in [9.17, 15) is 0 Å². The van der Waals surface area contributed by atoms with Crippen molar-refractivity contribution in [1.82, 2.24) is 0 Å². The molecule has 0 aliphatic heterocycles. The monoisotopic (exact) mass is 600 g/mol. The summed E-state index contributed by atoms with van der Waals surface area (Å²) in [6, 6.07) is 44.2. The summed E-state index contributed by atoms with van der Waals surface area (Å²) in [6.07, 6.45) is 2.59. The molecule has 0 N–H and O–H groups in total. The zero-order valence-corrected chi connectivity index (χ0v) is 28.4. The topological polar surface area (TPSA) is 0 Å². The summed E-state index contributed by atoms with van der Waals surface area (Å²) >= 11 is -5.02. The quantitative estimate of drug-likeness (QED) is 0.148. The van der Waals surface area contributed by atoms with E-state index in [1.54, 1.807) is 3.27 Å². The standard InChI is InChI=1S/C28H21Ge.2C5H11.Al/c1-5-13-25(14-6-1)21-23-29(27-17-9-3-10-18-27,28-19-11-4-12-20-28)24-22-26-15-7-2-8-16-26;2*1-5(2,3)4;/h1-21H;2*1H2,2-4H3;. The second kappa shape index (κ2) is 13.3. The molecule has 4 rings (SSSR count). The molecule has 0 nitrogen and oxygen atoms in total. The summed E-state index contributed by atoms with van der Waals surface area (Å²) in [5.74, 6) is 3.74. The van der Waals surface area contributed by atoms with Crippen molar-refractivity contribution in [2.45, 2.75) is 52.1 Å². The van der Waals surface area contributed by atoms with E-state index in [-0.39, 0.29) is 10.8 Å². The zero-order chi connectivity index (χ0) is 28.6. The van der Waals surface area contributed by atoms with Crippen LogP contribution in [0.4, 0.5) is 0 Å². The summed E-state index contributed by atoms with van der Waals surface area (Å²) in [5, 5.41) is 2.51. The van der Waals surface area contributed by atoms with Crippen LogP contribution in [0.25, 0.3) is 6.08 Å². The fourth-order valence-electron chi connectivity index (χ4n) is 5.81. The van der Waals surface area contributed by atoms with E-state index in [1.165, 1.54) is 24.9 Å². The number of rotatable bonds is 7. The average Bonchev–Trinajstić information content (AvgIpc) is 2.93. The molecule has 4 aromatic rings. The van der Waals surface area contributed by atoms with Gasteiger partial charge in [-0.1, -0.05) is 0 Å². The van der Waals surface area contributed by atoms with Crippen LogP contribution < -0.4 is 8.79 Å². The van der Waals surface area contributed by atoms with Gasteiger partial charge >= 0.3 is 252 Å². The Balaban J connectivity index is 2.14. The Bertz CT molecular complexity index is 1380. The minimum absolute atomic E-state index is 0.242. The van der Waals surface area contributed by atoms with Gasteiger partial charge in [-0.05, 0) is 0 Å². The Morgan fingerprint density at radius 1 is 0.600 bits per heavy atom. The van der Waals surface area contributed by atoms with Gasteiger partial charge in [0.1, 0.15) is 0 Å². The Hall–Kier alpha value is -2.74. The van der Waals surface area contributed by atoms with Gasteiger partial charge in [0, 0.05) is 0 Å². The van der Waals surface area contributed by atoms with Gasteiger partial charge in [-0.15, -0.1) is 0 Å². The number of hydrogen-bond donors (Lipinski definition) is 0. The molecule has 0 bridgehead atoms. The fraction of sp³-hybridized carbons (Fsp3) is 0.263. The molecule has 0 aliphatic rings. The van der Waals surface area contributed by atoms with Crippen molar-refractivity contribution in [1.29, 1.82) is 0 Å². The van der Waals surface area contributed by atoms with E-state index in [0.717, 1.165) is 5.56 Å². The molecule has 0 spiro atoms. The van der Waals surface area contributed by atoms with E-state index in [0.29, 0.717) is 0 Å². The van der Waals surface area contributed by atoms with E-state index < -0.39 is 27.4 Å². The minimum atomic E-state index is -3.51. The van der Waals surface area contributed by atoms with Crippen LogP contribution in [0, 0.1) is 21.5 Å². The molecule has 0 saturated carbocycles. The summed E-state index contributed by atoms with van der Waals surface area (Å²) in [5.41, 5.74) is 2.87. The third-order valence-corrected chi connectivity index (χ3v) is 24.8. The van der Waals surface area contributed by atoms with Crippen molar-refractivity contribution >= 4 is 42.3 Å². The van der Waals surface area contributed by atoms with Crippen LogP contribution in [0.5, 0.6) is 0 Å². The third-order valence-electron chi connectivity index (χ3n) is 7.29. The second-order valence-corrected chi connectivity index (χ2v) is 24.7. The van der Waals surface area contributed by atoms with Gasteiger partial charge in [0.25, 0.3) is 0 Å². The van der Waals surface area contributed by atoms with Crippen LogP contribution >= 0.6 is 0 Å². The van der Waals surface area contributed by atoms with Gasteiger partial charge in [0.05, 0.1) is 0 Å². The Kier molecular flexibility index (Phi) is 10.0. The van der Waals surface area contributed by atoms with E-state index in [4.69, 9.17) is 0 Å². The normalized spacial score (nSPS) is 12.4. The van der Waals surface area contributed by atoms with Gasteiger partial charge in [0.15, 0.2) is 0 Å². The predicted octanol–water partition coefficient (Wildman–Crippen LogP) is 8.59. The van der Waals surface area contributed by atoms with Crippen LogP contribution in [0.3, 0.4) is 0 Å². The summed E-state index contributed by atoms with van der Waals surface area (Å²) in [6.45, 7) is 14.5. The molecule has 0 radical (unpaired) electrons. The molecular formula is C38H43AlGe. The van der Waals surface area contributed by atoms with Crippen LogP contribution in [-0.4, -0.2) is 27.4 Å². The Morgan fingerprint density at radius 3 is 1.43 bits per heavy atom. The van der Waals surface area contributed by atoms with E-state index >= 15 is 0 Å². The van der Waals surface area contributed by atoms with Crippen molar-refractivity contribution in [3.05, 3.63) is 136 Å². The second-order valence-electron chi connectivity index (χ2n) is 13.3. The Labute approximate surface area is 250 Å². The number of hydrogen-bond acceptors (Lipinski definition) is 0. The van der Waals surface area contributed by atoms with Crippen LogP contribution in [-0.2, 0) is 0 Å². The molecule has 0 fully saturated rings. The van der Waals surface area contributed by atoms with Gasteiger partial charge in [-0.2, -0.15) is 0 Å². The average molecular weight is 599 g/mol. The first kappa shape index (κ1) is 30.2. The van der Waals surface area contributed by atoms with Gasteiger partial charge in [-0.25, -0.2) is 0 Å². The zero-order valence-electron chi connectivity index (χ0n) is 25.1. The maximum atomic E-state index is 4.16. The molecular weight excluding hydrogens is 556 g/mol. The molecule has 0 heterocycles. The summed E-state index contributed by atoms with van der Waals surface area (Å²) < 4.78 is 8.71. The number of benzene rings is 4. The molecule has 2 heteroatoms. The molecule has 4 aromatic carbocycles. The van der Waals surface area contributed by atoms with Crippen LogP contribution in [0.15, 0.2) is 125 Å². The van der Waals surface area contributed by atoms with E-state index in [1.807, 2.05) is 0 Å². The molecule has 0 atom stereocenters. The van der Waals surface area contributed by atoms with Gasteiger partial charge < -0.3 is 0 Å². The van der Waals surface area contributed by atoms with Crippen molar-refractivity contribution in [3.8, 4) is 10.7 Å². The van der Waals surface area contributed by atoms with Crippen molar-refractivity contribution in [3.63, 3.8) is 0 Å². The first-order valence-corrected chi connectivity index (χ1v) is 20.9. The molecule has 0 aliphatic carbocycles. The Morgan fingerprint density at radius 2 is 1.00 bits per heavy atom. The van der Waals surface area contributed by atoms with E-state index in [2.05, 4.69) is 180 Å². The van der Waals surface area contributed by atoms with Crippen LogP contribution in [0.2, 0.25) is 10.6 Å². The summed E-state index contributed by atoms with van der Waals surface area (Å²) in [4.78, 5) is 0. The molecule has 0 amide bonds. The van der Waals surface area contributed by atoms with Crippen molar-refractivity contribution in [2.24, 2.45) is 10.8 Å². The molecule has 202 valence electrons. The van der Waals surface area contributed by atoms with Gasteiger partial charge in [-0.3, -0.25) is 0 Å². The maximum absolute atomic E-state index is 4.16. The predicted molar refractivity (Wildman–Crippen MR) is 180 cm³/mol. The fourth-order valence-corrected chi connectivity index (χ4v) is 25.1. The van der Waals surface area contributed by atoms with Gasteiger partial charge in [0.2, 0.25) is 0 Å². The third kappa shape index (κ3) is 8.15. The molecule has 0 saturated heterocycles. The first-order valence-electron chi connectivity index (χ1n) is 14.5.